The maximum atomic E-state index is 13.6. The molecule has 3 heterocycles. The molecule has 2 aromatic carbocycles. The van der Waals surface area contributed by atoms with E-state index in [1.165, 1.54) is 18.4 Å². The number of benzene rings is 2. The molecule has 1 saturated heterocycles. The van der Waals surface area contributed by atoms with Crippen molar-refractivity contribution in [1.29, 1.82) is 0 Å². The van der Waals surface area contributed by atoms with Gasteiger partial charge in [-0.15, -0.1) is 11.3 Å². The van der Waals surface area contributed by atoms with Crippen LogP contribution in [0, 0.1) is 6.92 Å². The molecule has 0 atom stereocenters. The summed E-state index contributed by atoms with van der Waals surface area (Å²) in [5, 5.41) is 3.11. The van der Waals surface area contributed by atoms with E-state index in [2.05, 4.69) is 27.4 Å². The van der Waals surface area contributed by atoms with Crippen molar-refractivity contribution in [2.45, 2.75) is 32.9 Å². The van der Waals surface area contributed by atoms with Gasteiger partial charge in [-0.2, -0.15) is 0 Å². The minimum absolute atomic E-state index is 0.124. The van der Waals surface area contributed by atoms with E-state index >= 15 is 0 Å². The summed E-state index contributed by atoms with van der Waals surface area (Å²) >= 11 is 1.66. The predicted molar refractivity (Wildman–Crippen MR) is 133 cm³/mol. The molecule has 5 rings (SSSR count). The fourth-order valence-electron chi connectivity index (χ4n) is 4.08. The first kappa shape index (κ1) is 21.4. The summed E-state index contributed by atoms with van der Waals surface area (Å²) in [5.41, 5.74) is 4.50. The van der Waals surface area contributed by atoms with Crippen LogP contribution in [-0.4, -0.2) is 33.5 Å². The minimum atomic E-state index is -0.124. The van der Waals surface area contributed by atoms with E-state index in [0.29, 0.717) is 18.8 Å². The predicted octanol–water partition coefficient (Wildman–Crippen LogP) is 5.14. The lowest BCUT2D eigenvalue weighted by atomic mass is 10.2. The van der Waals surface area contributed by atoms with Gasteiger partial charge in [0.05, 0.1) is 18.6 Å². The first-order valence-corrected chi connectivity index (χ1v) is 12.2. The lowest BCUT2D eigenvalue weighted by molar-refractivity contribution is 0.0980. The van der Waals surface area contributed by atoms with E-state index in [0.717, 1.165) is 35.2 Å². The SMILES string of the molecule is Cc1ccc(N(Cc2csc(N3CCCC3)n2)C(=O)c2cn(Cc3ccccc3)cn2)cc1. The van der Waals surface area contributed by atoms with Gasteiger partial charge in [0.1, 0.15) is 5.69 Å². The topological polar surface area (TPSA) is 54.3 Å². The van der Waals surface area contributed by atoms with Crippen LogP contribution in [0.1, 0.15) is 40.2 Å². The van der Waals surface area contributed by atoms with Crippen LogP contribution in [0.15, 0.2) is 72.5 Å². The van der Waals surface area contributed by atoms with Crippen LogP contribution in [0.25, 0.3) is 0 Å². The third-order valence-electron chi connectivity index (χ3n) is 5.89. The largest absolute Gasteiger partial charge is 0.348 e. The molecule has 0 unspecified atom stereocenters. The van der Waals surface area contributed by atoms with Crippen molar-refractivity contribution in [1.82, 2.24) is 14.5 Å². The van der Waals surface area contributed by atoms with Crippen LogP contribution in [0.4, 0.5) is 10.8 Å². The zero-order valence-corrected chi connectivity index (χ0v) is 19.5. The summed E-state index contributed by atoms with van der Waals surface area (Å²) in [5.74, 6) is -0.124. The first-order chi connectivity index (χ1) is 16.2. The second kappa shape index (κ2) is 9.58. The summed E-state index contributed by atoms with van der Waals surface area (Å²) in [7, 11) is 0. The third-order valence-corrected chi connectivity index (χ3v) is 6.84. The van der Waals surface area contributed by atoms with Gasteiger partial charge in [-0.3, -0.25) is 4.79 Å². The molecule has 4 aromatic rings. The van der Waals surface area contributed by atoms with E-state index in [1.807, 2.05) is 60.2 Å². The lowest BCUT2D eigenvalue weighted by Crippen LogP contribution is -2.31. The summed E-state index contributed by atoms with van der Waals surface area (Å²) < 4.78 is 1.95. The van der Waals surface area contributed by atoms with E-state index < -0.39 is 0 Å². The highest BCUT2D eigenvalue weighted by atomic mass is 32.1. The van der Waals surface area contributed by atoms with Crippen LogP contribution in [0.3, 0.4) is 0 Å². The molecule has 0 radical (unpaired) electrons. The molecular weight excluding hydrogens is 430 g/mol. The summed E-state index contributed by atoms with van der Waals surface area (Å²) in [4.78, 5) is 27.0. The number of amides is 1. The Morgan fingerprint density at radius 3 is 2.58 bits per heavy atom. The van der Waals surface area contributed by atoms with E-state index in [9.17, 15) is 4.79 Å². The standard InChI is InChI=1S/C26H27N5OS/c1-20-9-11-23(12-10-20)31(16-22-18-33-26(28-22)30-13-5-6-14-30)25(32)24-17-29(19-27-24)15-21-7-3-2-4-8-21/h2-4,7-12,17-19H,5-6,13-16H2,1H3. The molecule has 0 aliphatic carbocycles. The van der Waals surface area contributed by atoms with Gasteiger partial charge in [-0.05, 0) is 37.5 Å². The second-order valence-corrected chi connectivity index (χ2v) is 9.30. The Balaban J connectivity index is 1.38. The van der Waals surface area contributed by atoms with Gasteiger partial charge < -0.3 is 14.4 Å². The molecule has 1 aliphatic heterocycles. The van der Waals surface area contributed by atoms with Gasteiger partial charge in [0.25, 0.3) is 5.91 Å². The van der Waals surface area contributed by atoms with Gasteiger partial charge in [0, 0.05) is 36.9 Å². The Bertz CT molecular complexity index is 1210. The van der Waals surface area contributed by atoms with Crippen molar-refractivity contribution >= 4 is 28.1 Å². The molecular formula is C26H27N5OS. The van der Waals surface area contributed by atoms with Crippen LogP contribution in [0.2, 0.25) is 0 Å². The quantitative estimate of drug-likeness (QED) is 0.385. The highest BCUT2D eigenvalue weighted by molar-refractivity contribution is 7.13. The minimum Gasteiger partial charge on any atom is -0.348 e. The van der Waals surface area contributed by atoms with Crippen molar-refractivity contribution in [2.24, 2.45) is 0 Å². The average Bonchev–Trinajstić information content (AvgIpc) is 3.60. The molecule has 1 amide bonds. The number of anilines is 2. The maximum Gasteiger partial charge on any atom is 0.278 e. The molecule has 6 nitrogen and oxygen atoms in total. The number of hydrogen-bond acceptors (Lipinski definition) is 5. The van der Waals surface area contributed by atoms with Gasteiger partial charge in [-0.25, -0.2) is 9.97 Å². The summed E-state index contributed by atoms with van der Waals surface area (Å²) in [6, 6.07) is 18.2. The van der Waals surface area contributed by atoms with Crippen LogP contribution >= 0.6 is 11.3 Å². The Hall–Kier alpha value is -3.45. The molecule has 33 heavy (non-hydrogen) atoms. The Morgan fingerprint density at radius 1 is 1.06 bits per heavy atom. The molecule has 1 aliphatic rings. The number of carbonyl (C=O) groups is 1. The Kier molecular flexibility index (Phi) is 6.21. The molecule has 168 valence electrons. The fraction of sp³-hybridized carbons (Fsp3) is 0.269. The highest BCUT2D eigenvalue weighted by Gasteiger charge is 2.23. The van der Waals surface area contributed by atoms with Gasteiger partial charge in [0.15, 0.2) is 5.13 Å². The Labute approximate surface area is 198 Å². The van der Waals surface area contributed by atoms with Crippen molar-refractivity contribution in [2.75, 3.05) is 22.9 Å². The van der Waals surface area contributed by atoms with Crippen LogP contribution in [-0.2, 0) is 13.1 Å². The number of aromatic nitrogens is 3. The molecule has 0 spiro atoms. The number of nitrogens with zero attached hydrogens (tertiary/aromatic N) is 5. The van der Waals surface area contributed by atoms with Crippen LogP contribution in [0.5, 0.6) is 0 Å². The van der Waals surface area contributed by atoms with Crippen molar-refractivity contribution in [3.8, 4) is 0 Å². The summed E-state index contributed by atoms with van der Waals surface area (Å²) in [6.45, 7) is 5.26. The number of imidazole rings is 1. The smallest absolute Gasteiger partial charge is 0.278 e. The van der Waals surface area contributed by atoms with Crippen molar-refractivity contribution < 1.29 is 4.79 Å². The number of aryl methyl sites for hydroxylation is 1. The molecule has 0 bridgehead atoms. The maximum absolute atomic E-state index is 13.6. The second-order valence-electron chi connectivity index (χ2n) is 8.46. The van der Waals surface area contributed by atoms with Crippen molar-refractivity contribution in [3.63, 3.8) is 0 Å². The average molecular weight is 458 g/mol. The normalized spacial score (nSPS) is 13.4. The van der Waals surface area contributed by atoms with Gasteiger partial charge in [0.2, 0.25) is 0 Å². The summed E-state index contributed by atoms with van der Waals surface area (Å²) in [6.07, 6.45) is 5.98. The Morgan fingerprint density at radius 2 is 1.82 bits per heavy atom. The third kappa shape index (κ3) is 4.98. The monoisotopic (exact) mass is 457 g/mol. The van der Waals surface area contributed by atoms with E-state index in [4.69, 9.17) is 4.98 Å². The highest BCUT2D eigenvalue weighted by Crippen LogP contribution is 2.27. The molecule has 2 aromatic heterocycles. The van der Waals surface area contributed by atoms with Crippen molar-refractivity contribution in [3.05, 3.63) is 95.0 Å². The lowest BCUT2D eigenvalue weighted by Gasteiger charge is -2.21. The zero-order chi connectivity index (χ0) is 22.6. The zero-order valence-electron chi connectivity index (χ0n) is 18.7. The first-order valence-electron chi connectivity index (χ1n) is 11.3. The van der Waals surface area contributed by atoms with Gasteiger partial charge in [-0.1, -0.05) is 48.0 Å². The van der Waals surface area contributed by atoms with E-state index in [-0.39, 0.29) is 5.91 Å². The number of carbonyl (C=O) groups excluding carboxylic acids is 1. The molecule has 0 N–H and O–H groups in total. The fourth-order valence-corrected chi connectivity index (χ4v) is 4.95. The molecule has 0 saturated carbocycles. The van der Waals surface area contributed by atoms with E-state index in [1.54, 1.807) is 22.6 Å². The van der Waals surface area contributed by atoms with Gasteiger partial charge >= 0.3 is 0 Å². The number of rotatable bonds is 7. The number of thiazole rings is 1. The molecule has 7 heteroatoms. The van der Waals surface area contributed by atoms with Crippen LogP contribution < -0.4 is 9.80 Å². The molecule has 1 fully saturated rings. The number of hydrogen-bond donors (Lipinski definition) is 0.